The molecule has 0 spiro atoms. The van der Waals surface area contributed by atoms with Crippen molar-refractivity contribution < 1.29 is 9.53 Å². The molecule has 0 radical (unpaired) electrons. The zero-order chi connectivity index (χ0) is 22.7. The lowest BCUT2D eigenvalue weighted by Gasteiger charge is -2.10. The number of methoxy groups -OCH3 is 1. The lowest BCUT2D eigenvalue weighted by molar-refractivity contribution is -0.117. The zero-order valence-electron chi connectivity index (χ0n) is 18.0. The van der Waals surface area contributed by atoms with Crippen molar-refractivity contribution in [1.29, 1.82) is 0 Å². The normalized spacial score (nSPS) is 11.0. The SMILES string of the molecule is CCc1ccccc1Sc1nccn2c(=O)n(CC(=O)Nc3cc(C)ccc3OC)nc12. The number of fused-ring (bicyclic) bond motifs is 1. The highest BCUT2D eigenvalue weighted by Crippen LogP contribution is 2.31. The van der Waals surface area contributed by atoms with E-state index in [4.69, 9.17) is 4.74 Å². The third kappa shape index (κ3) is 4.38. The Labute approximate surface area is 189 Å². The number of rotatable bonds is 7. The van der Waals surface area contributed by atoms with E-state index in [1.807, 2.05) is 37.3 Å². The minimum Gasteiger partial charge on any atom is -0.495 e. The lowest BCUT2D eigenvalue weighted by Crippen LogP contribution is -2.28. The van der Waals surface area contributed by atoms with Crippen molar-refractivity contribution in [3.8, 4) is 5.75 Å². The molecule has 0 aliphatic heterocycles. The van der Waals surface area contributed by atoms with Crippen molar-refractivity contribution in [3.05, 3.63) is 76.5 Å². The van der Waals surface area contributed by atoms with E-state index >= 15 is 0 Å². The Morgan fingerprint density at radius 3 is 2.81 bits per heavy atom. The Bertz CT molecular complexity index is 1350. The molecule has 1 amide bonds. The standard InChI is InChI=1S/C23H23N5O3S/c1-4-16-7-5-6-8-19(16)32-22-21-26-28(23(30)27(21)12-11-24-22)14-20(29)25-17-13-15(2)9-10-18(17)31-3/h5-13H,4,14H2,1-3H3,(H,25,29). The summed E-state index contributed by atoms with van der Waals surface area (Å²) in [5.74, 6) is 0.168. The molecule has 4 rings (SSSR count). The molecule has 0 unspecified atom stereocenters. The molecule has 2 aromatic heterocycles. The zero-order valence-corrected chi connectivity index (χ0v) is 18.8. The van der Waals surface area contributed by atoms with Crippen LogP contribution in [-0.2, 0) is 17.8 Å². The average molecular weight is 450 g/mol. The van der Waals surface area contributed by atoms with Gasteiger partial charge in [0.2, 0.25) is 5.91 Å². The summed E-state index contributed by atoms with van der Waals surface area (Å²) in [7, 11) is 1.54. The average Bonchev–Trinajstić information content (AvgIpc) is 3.10. The Balaban J connectivity index is 1.61. The molecular weight excluding hydrogens is 426 g/mol. The van der Waals surface area contributed by atoms with E-state index in [2.05, 4.69) is 28.4 Å². The van der Waals surface area contributed by atoms with Crippen molar-refractivity contribution in [3.63, 3.8) is 0 Å². The van der Waals surface area contributed by atoms with E-state index in [1.165, 1.54) is 28.8 Å². The molecule has 2 heterocycles. The number of nitrogens with zero attached hydrogens (tertiary/aromatic N) is 4. The van der Waals surface area contributed by atoms with Gasteiger partial charge in [-0.2, -0.15) is 0 Å². The van der Waals surface area contributed by atoms with Gasteiger partial charge in [0.15, 0.2) is 5.65 Å². The highest BCUT2D eigenvalue weighted by Gasteiger charge is 2.16. The first-order valence-corrected chi connectivity index (χ1v) is 11.0. The molecule has 9 heteroatoms. The molecule has 8 nitrogen and oxygen atoms in total. The van der Waals surface area contributed by atoms with Crippen LogP contribution < -0.4 is 15.7 Å². The van der Waals surface area contributed by atoms with E-state index in [1.54, 1.807) is 18.5 Å². The Morgan fingerprint density at radius 2 is 2.03 bits per heavy atom. The number of benzene rings is 2. The highest BCUT2D eigenvalue weighted by atomic mass is 32.2. The summed E-state index contributed by atoms with van der Waals surface area (Å²) in [5.41, 5.74) is 2.72. The van der Waals surface area contributed by atoms with Gasteiger partial charge in [0.25, 0.3) is 0 Å². The summed E-state index contributed by atoms with van der Waals surface area (Å²) < 4.78 is 7.85. The van der Waals surface area contributed by atoms with Crippen molar-refractivity contribution in [2.75, 3.05) is 12.4 Å². The fourth-order valence-electron chi connectivity index (χ4n) is 3.35. The Hall–Kier alpha value is -3.59. The molecule has 2 aromatic carbocycles. The molecule has 0 bridgehead atoms. The molecule has 164 valence electrons. The monoisotopic (exact) mass is 449 g/mol. The first-order valence-electron chi connectivity index (χ1n) is 10.1. The van der Waals surface area contributed by atoms with Crippen LogP contribution in [0.15, 0.2) is 69.6 Å². The van der Waals surface area contributed by atoms with Gasteiger partial charge in [-0.25, -0.2) is 18.9 Å². The lowest BCUT2D eigenvalue weighted by atomic mass is 10.2. The van der Waals surface area contributed by atoms with Crippen LogP contribution in [-0.4, -0.2) is 32.2 Å². The maximum absolute atomic E-state index is 12.8. The number of ether oxygens (including phenoxy) is 1. The number of hydrogen-bond acceptors (Lipinski definition) is 6. The van der Waals surface area contributed by atoms with E-state index in [0.29, 0.717) is 22.1 Å². The summed E-state index contributed by atoms with van der Waals surface area (Å²) in [4.78, 5) is 31.0. The van der Waals surface area contributed by atoms with Gasteiger partial charge in [0, 0.05) is 17.3 Å². The van der Waals surface area contributed by atoms with Gasteiger partial charge >= 0.3 is 5.69 Å². The maximum Gasteiger partial charge on any atom is 0.350 e. The van der Waals surface area contributed by atoms with Gasteiger partial charge in [0.1, 0.15) is 17.3 Å². The van der Waals surface area contributed by atoms with Gasteiger partial charge in [0.05, 0.1) is 12.8 Å². The summed E-state index contributed by atoms with van der Waals surface area (Å²) in [6.07, 6.45) is 4.00. The van der Waals surface area contributed by atoms with E-state index in [9.17, 15) is 9.59 Å². The number of carbonyl (C=O) groups is 1. The van der Waals surface area contributed by atoms with Crippen LogP contribution in [0.4, 0.5) is 5.69 Å². The quantitative estimate of drug-likeness (QED) is 0.464. The van der Waals surface area contributed by atoms with Gasteiger partial charge in [-0.3, -0.25) is 4.79 Å². The van der Waals surface area contributed by atoms with Gasteiger partial charge in [-0.05, 0) is 42.7 Å². The number of nitrogens with one attached hydrogen (secondary N) is 1. The van der Waals surface area contributed by atoms with Crippen LogP contribution in [0.1, 0.15) is 18.1 Å². The Morgan fingerprint density at radius 1 is 1.22 bits per heavy atom. The summed E-state index contributed by atoms with van der Waals surface area (Å²) >= 11 is 1.45. The number of aromatic nitrogens is 4. The molecule has 0 atom stereocenters. The molecule has 0 saturated heterocycles. The first kappa shape index (κ1) is 21.6. The fraction of sp³-hybridized carbons (Fsp3) is 0.217. The maximum atomic E-state index is 12.8. The minimum atomic E-state index is -0.403. The second-order valence-electron chi connectivity index (χ2n) is 7.18. The minimum absolute atomic E-state index is 0.229. The molecular formula is C23H23N5O3S. The second kappa shape index (κ2) is 9.27. The topological polar surface area (TPSA) is 90.5 Å². The van der Waals surface area contributed by atoms with Gasteiger partial charge in [-0.15, -0.1) is 5.10 Å². The predicted octanol–water partition coefficient (Wildman–Crippen LogP) is 3.56. The predicted molar refractivity (Wildman–Crippen MR) is 124 cm³/mol. The van der Waals surface area contributed by atoms with E-state index in [-0.39, 0.29) is 12.5 Å². The molecule has 0 aliphatic carbocycles. The van der Waals surface area contributed by atoms with Crippen LogP contribution in [0.25, 0.3) is 5.65 Å². The third-order valence-electron chi connectivity index (χ3n) is 4.95. The molecule has 0 aliphatic rings. The van der Waals surface area contributed by atoms with Crippen LogP contribution in [0.5, 0.6) is 5.75 Å². The van der Waals surface area contributed by atoms with E-state index < -0.39 is 5.69 Å². The molecule has 32 heavy (non-hydrogen) atoms. The number of aryl methyl sites for hydroxylation is 2. The largest absolute Gasteiger partial charge is 0.495 e. The second-order valence-corrected chi connectivity index (χ2v) is 8.21. The molecule has 1 N–H and O–H groups in total. The number of hydrogen-bond donors (Lipinski definition) is 1. The van der Waals surface area contributed by atoms with Crippen molar-refractivity contribution >= 4 is 29.0 Å². The van der Waals surface area contributed by atoms with Crippen molar-refractivity contribution in [2.45, 2.75) is 36.7 Å². The van der Waals surface area contributed by atoms with Gasteiger partial charge < -0.3 is 10.1 Å². The summed E-state index contributed by atoms with van der Waals surface area (Å²) in [6, 6.07) is 13.5. The van der Waals surface area contributed by atoms with Crippen LogP contribution in [0, 0.1) is 6.92 Å². The first-order chi connectivity index (χ1) is 15.5. The third-order valence-corrected chi connectivity index (χ3v) is 6.05. The van der Waals surface area contributed by atoms with Crippen molar-refractivity contribution in [1.82, 2.24) is 19.2 Å². The smallest absolute Gasteiger partial charge is 0.350 e. The van der Waals surface area contributed by atoms with Crippen LogP contribution in [0.3, 0.4) is 0 Å². The van der Waals surface area contributed by atoms with Crippen LogP contribution in [0.2, 0.25) is 0 Å². The Kier molecular flexibility index (Phi) is 6.27. The number of amides is 1. The highest BCUT2D eigenvalue weighted by molar-refractivity contribution is 7.99. The fourth-order valence-corrected chi connectivity index (χ4v) is 4.39. The molecule has 0 fully saturated rings. The summed E-state index contributed by atoms with van der Waals surface area (Å²) in [6.45, 7) is 3.78. The number of anilines is 1. The molecule has 4 aromatic rings. The van der Waals surface area contributed by atoms with Crippen LogP contribution >= 0.6 is 11.8 Å². The van der Waals surface area contributed by atoms with E-state index in [0.717, 1.165) is 21.6 Å². The number of carbonyl (C=O) groups excluding carboxylic acids is 1. The van der Waals surface area contributed by atoms with Gasteiger partial charge in [-0.1, -0.05) is 43.0 Å². The molecule has 0 saturated carbocycles. The summed E-state index contributed by atoms with van der Waals surface area (Å²) in [5, 5.41) is 7.80. The van der Waals surface area contributed by atoms with Crippen molar-refractivity contribution in [2.24, 2.45) is 0 Å².